The van der Waals surface area contributed by atoms with Gasteiger partial charge in [-0.3, -0.25) is 4.39 Å². The van der Waals surface area contributed by atoms with Gasteiger partial charge in [0.05, 0.1) is 12.8 Å². The normalized spacial score (nSPS) is 12.8. The monoisotopic (exact) mass is 182 g/mol. The van der Waals surface area contributed by atoms with Gasteiger partial charge in [0, 0.05) is 6.42 Å². The average Bonchev–Trinajstić information content (AvgIpc) is 2.09. The fourth-order valence-corrected chi connectivity index (χ4v) is 1.32. The minimum absolute atomic E-state index is 0.230. The summed E-state index contributed by atoms with van der Waals surface area (Å²) in [5.74, 6) is 0. The number of rotatable bonds is 4. The van der Waals surface area contributed by atoms with Crippen molar-refractivity contribution in [2.45, 2.75) is 25.9 Å². The molecule has 13 heavy (non-hydrogen) atoms. The van der Waals surface area contributed by atoms with Crippen LogP contribution in [-0.4, -0.2) is 17.9 Å². The Kier molecular flexibility index (Phi) is 3.90. The summed E-state index contributed by atoms with van der Waals surface area (Å²) in [6.45, 7) is 1.55. The molecule has 0 amide bonds. The molecule has 1 atom stereocenters. The van der Waals surface area contributed by atoms with Crippen molar-refractivity contribution in [3.63, 3.8) is 0 Å². The highest BCUT2D eigenvalue weighted by Gasteiger charge is 2.06. The predicted octanol–water partition coefficient (Wildman–Crippen LogP) is 2.26. The maximum Gasteiger partial charge on any atom is 0.0919 e. The van der Waals surface area contributed by atoms with Crippen molar-refractivity contribution in [1.82, 2.24) is 0 Å². The number of hydrogen-bond acceptors (Lipinski definition) is 1. The Morgan fingerprint density at radius 2 is 2.08 bits per heavy atom. The van der Waals surface area contributed by atoms with Crippen molar-refractivity contribution >= 4 is 0 Å². The van der Waals surface area contributed by atoms with E-state index >= 15 is 0 Å². The highest BCUT2D eigenvalue weighted by atomic mass is 19.1. The zero-order chi connectivity index (χ0) is 9.68. The van der Waals surface area contributed by atoms with Gasteiger partial charge in [-0.1, -0.05) is 24.3 Å². The largest absolute Gasteiger partial charge is 0.393 e. The second-order valence-electron chi connectivity index (χ2n) is 3.26. The summed E-state index contributed by atoms with van der Waals surface area (Å²) in [5, 5.41) is 9.39. The van der Waals surface area contributed by atoms with Crippen LogP contribution in [-0.2, 0) is 6.42 Å². The standard InChI is InChI=1S/C11H15FO/c1-9-4-2-3-5-10(9)8-11(13)6-7-12/h2-5,11,13H,6-8H2,1H3. The second-order valence-corrected chi connectivity index (χ2v) is 3.26. The molecule has 0 aliphatic rings. The lowest BCUT2D eigenvalue weighted by Gasteiger charge is -2.10. The molecule has 1 aromatic carbocycles. The first-order chi connectivity index (χ1) is 6.24. The zero-order valence-electron chi connectivity index (χ0n) is 7.83. The molecule has 1 N–H and O–H groups in total. The molecule has 0 saturated carbocycles. The van der Waals surface area contributed by atoms with Gasteiger partial charge in [-0.2, -0.15) is 0 Å². The molecule has 0 fully saturated rings. The third-order valence-electron chi connectivity index (χ3n) is 2.16. The molecule has 0 radical (unpaired) electrons. The minimum atomic E-state index is -0.550. The summed E-state index contributed by atoms with van der Waals surface area (Å²) in [4.78, 5) is 0. The van der Waals surface area contributed by atoms with Gasteiger partial charge in [0.15, 0.2) is 0 Å². The lowest BCUT2D eigenvalue weighted by Crippen LogP contribution is -2.11. The Labute approximate surface area is 78.2 Å². The van der Waals surface area contributed by atoms with Crippen LogP contribution >= 0.6 is 0 Å². The van der Waals surface area contributed by atoms with Crippen molar-refractivity contribution in [1.29, 1.82) is 0 Å². The predicted molar refractivity (Wildman–Crippen MR) is 51.5 cm³/mol. The molecule has 0 aliphatic carbocycles. The Morgan fingerprint density at radius 3 is 2.69 bits per heavy atom. The quantitative estimate of drug-likeness (QED) is 0.757. The van der Waals surface area contributed by atoms with Gasteiger partial charge in [-0.05, 0) is 24.5 Å². The van der Waals surface area contributed by atoms with Gasteiger partial charge in [0.1, 0.15) is 0 Å². The average molecular weight is 182 g/mol. The third-order valence-corrected chi connectivity index (χ3v) is 2.16. The molecule has 0 spiro atoms. The van der Waals surface area contributed by atoms with Crippen LogP contribution in [0.1, 0.15) is 17.5 Å². The van der Waals surface area contributed by atoms with Crippen LogP contribution < -0.4 is 0 Å². The molecule has 1 unspecified atom stereocenters. The highest BCUT2D eigenvalue weighted by Crippen LogP contribution is 2.11. The van der Waals surface area contributed by atoms with Crippen LogP contribution in [0, 0.1) is 6.92 Å². The maximum absolute atomic E-state index is 11.9. The van der Waals surface area contributed by atoms with E-state index in [2.05, 4.69) is 0 Å². The highest BCUT2D eigenvalue weighted by molar-refractivity contribution is 5.25. The van der Waals surface area contributed by atoms with Crippen molar-refractivity contribution in [2.75, 3.05) is 6.67 Å². The number of benzene rings is 1. The van der Waals surface area contributed by atoms with Gasteiger partial charge in [-0.15, -0.1) is 0 Å². The van der Waals surface area contributed by atoms with Gasteiger partial charge in [0.2, 0.25) is 0 Å². The molecule has 1 aromatic rings. The minimum Gasteiger partial charge on any atom is -0.393 e. The molecular weight excluding hydrogens is 167 g/mol. The summed E-state index contributed by atoms with van der Waals surface area (Å²) >= 11 is 0. The Bertz CT molecular complexity index is 260. The van der Waals surface area contributed by atoms with Crippen LogP contribution in [0.15, 0.2) is 24.3 Å². The van der Waals surface area contributed by atoms with Crippen molar-refractivity contribution in [3.8, 4) is 0 Å². The summed E-state index contributed by atoms with van der Waals surface area (Å²) in [5.41, 5.74) is 2.25. The Hall–Kier alpha value is -0.890. The van der Waals surface area contributed by atoms with E-state index in [0.717, 1.165) is 11.1 Å². The molecule has 2 heteroatoms. The smallest absolute Gasteiger partial charge is 0.0919 e. The zero-order valence-corrected chi connectivity index (χ0v) is 7.83. The fourth-order valence-electron chi connectivity index (χ4n) is 1.32. The first kappa shape index (κ1) is 10.2. The van der Waals surface area contributed by atoms with E-state index in [1.54, 1.807) is 0 Å². The van der Waals surface area contributed by atoms with Crippen LogP contribution in [0.5, 0.6) is 0 Å². The van der Waals surface area contributed by atoms with Crippen LogP contribution in [0.25, 0.3) is 0 Å². The third kappa shape index (κ3) is 3.15. The lowest BCUT2D eigenvalue weighted by atomic mass is 10.0. The van der Waals surface area contributed by atoms with Crippen molar-refractivity contribution in [3.05, 3.63) is 35.4 Å². The Morgan fingerprint density at radius 1 is 1.38 bits per heavy atom. The number of halogens is 1. The van der Waals surface area contributed by atoms with Crippen molar-refractivity contribution in [2.24, 2.45) is 0 Å². The van der Waals surface area contributed by atoms with E-state index in [9.17, 15) is 9.50 Å². The van der Waals surface area contributed by atoms with Gasteiger partial charge >= 0.3 is 0 Å². The van der Waals surface area contributed by atoms with E-state index in [-0.39, 0.29) is 6.42 Å². The van der Waals surface area contributed by atoms with Crippen LogP contribution in [0.2, 0.25) is 0 Å². The summed E-state index contributed by atoms with van der Waals surface area (Å²) in [6, 6.07) is 7.86. The molecule has 0 aromatic heterocycles. The summed E-state index contributed by atoms with van der Waals surface area (Å²) < 4.78 is 11.9. The van der Waals surface area contributed by atoms with E-state index in [4.69, 9.17) is 0 Å². The fraction of sp³-hybridized carbons (Fsp3) is 0.455. The molecule has 0 saturated heterocycles. The molecular formula is C11H15FO. The van der Waals surface area contributed by atoms with Crippen LogP contribution in [0.3, 0.4) is 0 Å². The molecule has 1 nitrogen and oxygen atoms in total. The number of aliphatic hydroxyl groups excluding tert-OH is 1. The number of alkyl halides is 1. The molecule has 0 heterocycles. The first-order valence-corrected chi connectivity index (χ1v) is 4.52. The SMILES string of the molecule is Cc1ccccc1CC(O)CCF. The van der Waals surface area contributed by atoms with Crippen molar-refractivity contribution < 1.29 is 9.50 Å². The molecule has 1 rings (SSSR count). The Balaban J connectivity index is 2.58. The van der Waals surface area contributed by atoms with E-state index in [1.807, 2.05) is 31.2 Å². The van der Waals surface area contributed by atoms with Crippen LogP contribution in [0.4, 0.5) is 4.39 Å². The molecule has 0 aliphatic heterocycles. The number of aryl methyl sites for hydroxylation is 1. The molecule has 0 bridgehead atoms. The maximum atomic E-state index is 11.9. The summed E-state index contributed by atoms with van der Waals surface area (Å²) in [7, 11) is 0. The van der Waals surface area contributed by atoms with E-state index in [1.165, 1.54) is 0 Å². The van der Waals surface area contributed by atoms with E-state index < -0.39 is 12.8 Å². The second kappa shape index (κ2) is 4.97. The van der Waals surface area contributed by atoms with E-state index in [0.29, 0.717) is 6.42 Å². The lowest BCUT2D eigenvalue weighted by molar-refractivity contribution is 0.154. The number of hydrogen-bond donors (Lipinski definition) is 1. The first-order valence-electron chi connectivity index (χ1n) is 4.52. The topological polar surface area (TPSA) is 20.2 Å². The van der Waals surface area contributed by atoms with Gasteiger partial charge < -0.3 is 5.11 Å². The number of aliphatic hydroxyl groups is 1. The summed E-state index contributed by atoms with van der Waals surface area (Å²) in [6.07, 6.45) is 0.233. The van der Waals surface area contributed by atoms with Gasteiger partial charge in [-0.25, -0.2) is 0 Å². The molecule has 72 valence electrons. The van der Waals surface area contributed by atoms with Gasteiger partial charge in [0.25, 0.3) is 0 Å².